The Hall–Kier alpha value is -1.67. The lowest BCUT2D eigenvalue weighted by atomic mass is 9.46. The average molecular weight is 278 g/mol. The molecule has 0 saturated heterocycles. The maximum atomic E-state index is 5.02. The predicted molar refractivity (Wildman–Crippen MR) is 86.1 cm³/mol. The van der Waals surface area contributed by atoms with Crippen molar-refractivity contribution in [1.82, 2.24) is 10.3 Å². The summed E-state index contributed by atoms with van der Waals surface area (Å²) in [6.07, 6.45) is 1.30. The van der Waals surface area contributed by atoms with Crippen LogP contribution in [-0.4, -0.2) is 12.0 Å². The van der Waals surface area contributed by atoms with Gasteiger partial charge in [0.2, 0.25) is 0 Å². The van der Waals surface area contributed by atoms with Gasteiger partial charge in [-0.1, -0.05) is 50.2 Å². The Bertz CT molecular complexity index is 675. The molecule has 1 aromatic heterocycles. The van der Waals surface area contributed by atoms with Crippen LogP contribution >= 0.6 is 0 Å². The highest BCUT2D eigenvalue weighted by Crippen LogP contribution is 2.65. The summed E-state index contributed by atoms with van der Waals surface area (Å²) in [6.45, 7) is 4.81. The Morgan fingerprint density at radius 1 is 1.10 bits per heavy atom. The molecule has 5 rings (SSSR count). The first-order valence-corrected chi connectivity index (χ1v) is 7.86. The van der Waals surface area contributed by atoms with Crippen LogP contribution in [0.4, 0.5) is 0 Å². The SMILES string of the molecule is CN[C@H]1c2nc(-c3ccccc3)ccc2[C@H]2C[C@H]1C2(C)C. The van der Waals surface area contributed by atoms with Crippen LogP contribution < -0.4 is 5.32 Å². The zero-order valence-corrected chi connectivity index (χ0v) is 12.9. The first-order valence-electron chi connectivity index (χ1n) is 7.86. The van der Waals surface area contributed by atoms with E-state index >= 15 is 0 Å². The molecule has 1 heterocycles. The van der Waals surface area contributed by atoms with Gasteiger partial charge in [0.1, 0.15) is 0 Å². The summed E-state index contributed by atoms with van der Waals surface area (Å²) in [5.74, 6) is 1.39. The molecule has 1 N–H and O–H groups in total. The summed E-state index contributed by atoms with van der Waals surface area (Å²) in [5, 5.41) is 3.52. The van der Waals surface area contributed by atoms with Crippen molar-refractivity contribution in [2.24, 2.45) is 11.3 Å². The first-order chi connectivity index (χ1) is 10.1. The maximum absolute atomic E-state index is 5.02. The second kappa shape index (κ2) is 4.41. The second-order valence-electron chi connectivity index (χ2n) is 7.02. The number of benzene rings is 1. The molecule has 3 aliphatic rings. The van der Waals surface area contributed by atoms with Gasteiger partial charge in [0.15, 0.2) is 0 Å². The summed E-state index contributed by atoms with van der Waals surface area (Å²) >= 11 is 0. The molecule has 1 fully saturated rings. The minimum Gasteiger partial charge on any atom is -0.311 e. The molecule has 2 heteroatoms. The van der Waals surface area contributed by atoms with Gasteiger partial charge in [0.05, 0.1) is 17.4 Å². The predicted octanol–water partition coefficient (Wildman–Crippen LogP) is 4.15. The summed E-state index contributed by atoms with van der Waals surface area (Å²) in [7, 11) is 2.07. The lowest BCUT2D eigenvalue weighted by Crippen LogP contribution is -2.53. The minimum atomic E-state index is 0.392. The smallest absolute Gasteiger partial charge is 0.0706 e. The van der Waals surface area contributed by atoms with Crippen LogP contribution in [0.25, 0.3) is 11.3 Å². The van der Waals surface area contributed by atoms with E-state index in [1.54, 1.807) is 0 Å². The number of hydrogen-bond acceptors (Lipinski definition) is 2. The van der Waals surface area contributed by atoms with Crippen molar-refractivity contribution in [2.75, 3.05) is 7.05 Å². The molecule has 0 amide bonds. The van der Waals surface area contributed by atoms with Gasteiger partial charge in [-0.2, -0.15) is 0 Å². The van der Waals surface area contributed by atoms with Gasteiger partial charge in [0, 0.05) is 5.56 Å². The number of aromatic nitrogens is 1. The summed E-state index contributed by atoms with van der Waals surface area (Å²) in [4.78, 5) is 5.02. The van der Waals surface area contributed by atoms with Gasteiger partial charge in [0.25, 0.3) is 0 Å². The van der Waals surface area contributed by atoms with Gasteiger partial charge < -0.3 is 5.32 Å². The molecule has 0 spiro atoms. The summed E-state index contributed by atoms with van der Waals surface area (Å²) in [6, 6.07) is 15.4. The topological polar surface area (TPSA) is 24.9 Å². The number of nitrogens with one attached hydrogen (secondary N) is 1. The van der Waals surface area contributed by atoms with E-state index in [4.69, 9.17) is 4.98 Å². The molecule has 1 aromatic carbocycles. The average Bonchev–Trinajstić information content (AvgIpc) is 2.53. The van der Waals surface area contributed by atoms with E-state index in [-0.39, 0.29) is 0 Å². The Balaban J connectivity index is 1.83. The third-order valence-electron chi connectivity index (χ3n) is 5.75. The Labute approximate surface area is 126 Å². The second-order valence-corrected chi connectivity index (χ2v) is 7.02. The normalized spacial score (nSPS) is 28.6. The highest BCUT2D eigenvalue weighted by atomic mass is 15.0. The lowest BCUT2D eigenvalue weighted by molar-refractivity contribution is -0.0148. The van der Waals surface area contributed by atoms with Crippen LogP contribution in [0.2, 0.25) is 0 Å². The van der Waals surface area contributed by atoms with Crippen molar-refractivity contribution in [2.45, 2.75) is 32.2 Å². The molecule has 0 unspecified atom stereocenters. The summed E-state index contributed by atoms with van der Waals surface area (Å²) < 4.78 is 0. The molecule has 21 heavy (non-hydrogen) atoms. The molecule has 0 aliphatic heterocycles. The van der Waals surface area contributed by atoms with E-state index in [9.17, 15) is 0 Å². The van der Waals surface area contributed by atoms with Crippen LogP contribution in [-0.2, 0) is 0 Å². The van der Waals surface area contributed by atoms with Gasteiger partial charge in [-0.15, -0.1) is 0 Å². The van der Waals surface area contributed by atoms with Gasteiger partial charge in [-0.05, 0) is 42.3 Å². The quantitative estimate of drug-likeness (QED) is 0.892. The van der Waals surface area contributed by atoms with Gasteiger partial charge in [-0.25, -0.2) is 0 Å². The third-order valence-corrected chi connectivity index (χ3v) is 5.75. The maximum Gasteiger partial charge on any atom is 0.0706 e. The summed E-state index contributed by atoms with van der Waals surface area (Å²) in [5.41, 5.74) is 5.43. The lowest BCUT2D eigenvalue weighted by Gasteiger charge is -2.59. The fourth-order valence-corrected chi connectivity index (χ4v) is 4.38. The van der Waals surface area contributed by atoms with E-state index in [0.29, 0.717) is 23.3 Å². The highest BCUT2D eigenvalue weighted by Gasteiger charge is 2.57. The molecule has 108 valence electrons. The number of rotatable bonds is 2. The van der Waals surface area contributed by atoms with E-state index in [1.807, 2.05) is 0 Å². The molecule has 0 radical (unpaired) electrons. The molecule has 2 aromatic rings. The molecule has 3 atom stereocenters. The van der Waals surface area contributed by atoms with Crippen LogP contribution in [0.15, 0.2) is 42.5 Å². The third kappa shape index (κ3) is 1.72. The van der Waals surface area contributed by atoms with Crippen LogP contribution in [0.3, 0.4) is 0 Å². The largest absolute Gasteiger partial charge is 0.311 e. The Morgan fingerprint density at radius 3 is 2.52 bits per heavy atom. The molecule has 2 bridgehead atoms. The van der Waals surface area contributed by atoms with Gasteiger partial charge >= 0.3 is 0 Å². The molecular weight excluding hydrogens is 256 g/mol. The Kier molecular flexibility index (Phi) is 2.74. The van der Waals surface area contributed by atoms with E-state index < -0.39 is 0 Å². The fourth-order valence-electron chi connectivity index (χ4n) is 4.38. The van der Waals surface area contributed by atoms with E-state index in [2.05, 4.69) is 68.7 Å². The number of hydrogen-bond donors (Lipinski definition) is 1. The van der Waals surface area contributed by atoms with Crippen molar-refractivity contribution in [3.8, 4) is 11.3 Å². The Morgan fingerprint density at radius 2 is 1.86 bits per heavy atom. The van der Waals surface area contributed by atoms with Crippen molar-refractivity contribution < 1.29 is 0 Å². The zero-order chi connectivity index (χ0) is 14.6. The molecular formula is C19H22N2. The van der Waals surface area contributed by atoms with Crippen LogP contribution in [0, 0.1) is 11.3 Å². The molecule has 3 aliphatic carbocycles. The van der Waals surface area contributed by atoms with E-state index in [1.165, 1.54) is 23.2 Å². The standard InChI is InChI=1S/C19H22N2/c1-19(2)14-11-15(19)18(20-3)17-13(14)9-10-16(21-17)12-7-5-4-6-8-12/h4-10,14-15,18,20H,11H2,1-3H3/t14-,15-,18-/m1/s1. The molecule has 2 nitrogen and oxygen atoms in total. The monoisotopic (exact) mass is 278 g/mol. The first kappa shape index (κ1) is 13.0. The van der Waals surface area contributed by atoms with Crippen molar-refractivity contribution >= 4 is 0 Å². The number of nitrogens with zero attached hydrogens (tertiary/aromatic N) is 1. The van der Waals surface area contributed by atoms with Crippen molar-refractivity contribution in [1.29, 1.82) is 0 Å². The van der Waals surface area contributed by atoms with Crippen molar-refractivity contribution in [3.05, 3.63) is 53.7 Å². The minimum absolute atomic E-state index is 0.392. The number of pyridine rings is 1. The fraction of sp³-hybridized carbons (Fsp3) is 0.421. The highest BCUT2D eigenvalue weighted by molar-refractivity contribution is 5.60. The van der Waals surface area contributed by atoms with Gasteiger partial charge in [-0.3, -0.25) is 4.98 Å². The zero-order valence-electron chi connectivity index (χ0n) is 12.9. The van der Waals surface area contributed by atoms with E-state index in [0.717, 1.165) is 5.69 Å². The van der Waals surface area contributed by atoms with Crippen LogP contribution in [0.5, 0.6) is 0 Å². The van der Waals surface area contributed by atoms with Crippen LogP contribution in [0.1, 0.15) is 43.5 Å². The molecule has 1 saturated carbocycles. The van der Waals surface area contributed by atoms with Crippen molar-refractivity contribution in [3.63, 3.8) is 0 Å².